The van der Waals surface area contributed by atoms with Crippen molar-refractivity contribution in [3.63, 3.8) is 0 Å². The number of amides is 1. The van der Waals surface area contributed by atoms with Crippen molar-refractivity contribution >= 4 is 21.8 Å². The highest BCUT2D eigenvalue weighted by atomic mass is 79.9. The van der Waals surface area contributed by atoms with E-state index in [2.05, 4.69) is 26.3 Å². The molecule has 8 heteroatoms. The van der Waals surface area contributed by atoms with Gasteiger partial charge in [-0.1, -0.05) is 0 Å². The van der Waals surface area contributed by atoms with E-state index in [1.807, 2.05) is 0 Å². The Morgan fingerprint density at radius 1 is 1.53 bits per heavy atom. The van der Waals surface area contributed by atoms with Gasteiger partial charge in [0, 0.05) is 6.54 Å². The lowest BCUT2D eigenvalue weighted by molar-refractivity contribution is -0.142. The van der Waals surface area contributed by atoms with Gasteiger partial charge in [0.25, 0.3) is 0 Å². The predicted molar refractivity (Wildman–Crippen MR) is 58.3 cm³/mol. The smallest absolute Gasteiger partial charge is 0.355 e. The lowest BCUT2D eigenvalue weighted by atomic mass is 10.3. The monoisotopic (exact) mass is 313 g/mol. The molecule has 1 rings (SSSR count). The third kappa shape index (κ3) is 3.21. The number of nitrogens with one attached hydrogen (secondary N) is 1. The highest BCUT2D eigenvalue weighted by Crippen LogP contribution is 2.35. The number of likely N-dealkylation sites (N-methyl/N-ethyl adjacent to an activating group) is 1. The first kappa shape index (κ1) is 14.0. The highest BCUT2D eigenvalue weighted by molar-refractivity contribution is 9.10. The minimum Gasteiger partial charge on any atom is -0.355 e. The molecular formula is C9H11BrF3N3O. The Morgan fingerprint density at radius 3 is 2.53 bits per heavy atom. The zero-order valence-electron chi connectivity index (χ0n) is 9.23. The summed E-state index contributed by atoms with van der Waals surface area (Å²) in [6.07, 6.45) is -4.53. The molecule has 0 atom stereocenters. The molecule has 96 valence electrons. The number of aromatic nitrogens is 2. The molecule has 4 nitrogen and oxygen atoms in total. The second-order valence-electron chi connectivity index (χ2n) is 3.36. The van der Waals surface area contributed by atoms with Crippen LogP contribution >= 0.6 is 15.9 Å². The molecule has 0 radical (unpaired) electrons. The first-order chi connectivity index (χ1) is 7.77. The predicted octanol–water partition coefficient (Wildman–Crippen LogP) is 2.11. The van der Waals surface area contributed by atoms with Crippen molar-refractivity contribution in [3.05, 3.63) is 15.9 Å². The number of hydrogen-bond acceptors (Lipinski definition) is 2. The maximum atomic E-state index is 12.5. The van der Waals surface area contributed by atoms with Crippen LogP contribution in [0.4, 0.5) is 13.2 Å². The van der Waals surface area contributed by atoms with Crippen molar-refractivity contribution in [1.82, 2.24) is 15.1 Å². The molecular weight excluding hydrogens is 303 g/mol. The van der Waals surface area contributed by atoms with Crippen LogP contribution in [0.15, 0.2) is 4.47 Å². The fourth-order valence-electron chi connectivity index (χ4n) is 1.25. The van der Waals surface area contributed by atoms with Crippen molar-refractivity contribution in [2.45, 2.75) is 26.6 Å². The average Bonchev–Trinajstić information content (AvgIpc) is 2.46. The molecule has 0 aliphatic carbocycles. The maximum Gasteiger partial charge on any atom is 0.436 e. The number of carbonyl (C=O) groups excluding carboxylic acids is 1. The Kier molecular flexibility index (Phi) is 4.18. The summed E-state index contributed by atoms with van der Waals surface area (Å²) >= 11 is 2.83. The van der Waals surface area contributed by atoms with E-state index in [9.17, 15) is 18.0 Å². The lowest BCUT2D eigenvalue weighted by Gasteiger charge is -2.04. The number of alkyl halides is 3. The Labute approximate surface area is 104 Å². The molecule has 1 aromatic heterocycles. The highest BCUT2D eigenvalue weighted by Gasteiger charge is 2.38. The second kappa shape index (κ2) is 5.07. The second-order valence-corrected chi connectivity index (χ2v) is 4.15. The molecule has 0 aromatic carbocycles. The third-order valence-electron chi connectivity index (χ3n) is 2.07. The summed E-state index contributed by atoms with van der Waals surface area (Å²) in [6.45, 7) is 3.39. The van der Waals surface area contributed by atoms with E-state index in [0.29, 0.717) is 6.54 Å². The molecule has 17 heavy (non-hydrogen) atoms. The van der Waals surface area contributed by atoms with Crippen molar-refractivity contribution in [1.29, 1.82) is 0 Å². The van der Waals surface area contributed by atoms with E-state index in [-0.39, 0.29) is 22.6 Å². The van der Waals surface area contributed by atoms with Gasteiger partial charge in [-0.25, -0.2) is 0 Å². The van der Waals surface area contributed by atoms with E-state index in [0.717, 1.165) is 4.68 Å². The molecule has 0 fully saturated rings. The standard InChI is InChI=1S/C9H11BrF3N3O/c1-3-14-6(17)4-16-5(2)7(10)8(15-16)9(11,12)13/h3-4H2,1-2H3,(H,14,17). The van der Waals surface area contributed by atoms with Crippen LogP contribution in [0.2, 0.25) is 0 Å². The Balaban J connectivity index is 3.00. The van der Waals surface area contributed by atoms with Gasteiger partial charge in [0.1, 0.15) is 6.54 Å². The third-order valence-corrected chi connectivity index (χ3v) is 3.02. The van der Waals surface area contributed by atoms with E-state index in [1.165, 1.54) is 6.92 Å². The molecule has 0 aliphatic rings. The SMILES string of the molecule is CCNC(=O)Cn1nc(C(F)(F)F)c(Br)c1C. The normalized spacial score (nSPS) is 11.6. The maximum absolute atomic E-state index is 12.5. The van der Waals surface area contributed by atoms with Gasteiger partial charge in [0.2, 0.25) is 5.91 Å². The molecule has 0 saturated heterocycles. The summed E-state index contributed by atoms with van der Waals surface area (Å²) in [5.41, 5.74) is -0.747. The first-order valence-electron chi connectivity index (χ1n) is 4.84. The molecule has 0 bridgehead atoms. The van der Waals surface area contributed by atoms with Gasteiger partial charge in [0.05, 0.1) is 10.2 Å². The van der Waals surface area contributed by atoms with Crippen molar-refractivity contribution < 1.29 is 18.0 Å². The summed E-state index contributed by atoms with van der Waals surface area (Å²) in [5.74, 6) is -0.376. The fourth-order valence-corrected chi connectivity index (χ4v) is 1.76. The van der Waals surface area contributed by atoms with Gasteiger partial charge in [-0.15, -0.1) is 0 Å². The van der Waals surface area contributed by atoms with Gasteiger partial charge in [0.15, 0.2) is 5.69 Å². The van der Waals surface area contributed by atoms with Crippen molar-refractivity contribution in [2.24, 2.45) is 0 Å². The number of hydrogen-bond donors (Lipinski definition) is 1. The van der Waals surface area contributed by atoms with Crippen LogP contribution in [-0.4, -0.2) is 22.2 Å². The van der Waals surface area contributed by atoms with Gasteiger partial charge in [-0.05, 0) is 29.8 Å². The topological polar surface area (TPSA) is 46.9 Å². The summed E-state index contributed by atoms with van der Waals surface area (Å²) in [7, 11) is 0. The molecule has 0 saturated carbocycles. The van der Waals surface area contributed by atoms with Crippen LogP contribution in [0, 0.1) is 6.92 Å². The number of rotatable bonds is 3. The van der Waals surface area contributed by atoms with Crippen LogP contribution < -0.4 is 5.32 Å². The Morgan fingerprint density at radius 2 is 2.12 bits per heavy atom. The van der Waals surface area contributed by atoms with Crippen LogP contribution in [0.3, 0.4) is 0 Å². The summed E-state index contributed by atoms with van der Waals surface area (Å²) in [5, 5.41) is 5.88. The van der Waals surface area contributed by atoms with E-state index in [4.69, 9.17) is 0 Å². The molecule has 1 amide bonds. The quantitative estimate of drug-likeness (QED) is 0.929. The van der Waals surface area contributed by atoms with Gasteiger partial charge in [-0.3, -0.25) is 9.48 Å². The zero-order chi connectivity index (χ0) is 13.2. The minimum absolute atomic E-state index is 0.130. The van der Waals surface area contributed by atoms with E-state index < -0.39 is 11.9 Å². The van der Waals surface area contributed by atoms with Gasteiger partial charge < -0.3 is 5.32 Å². The fraction of sp³-hybridized carbons (Fsp3) is 0.556. The van der Waals surface area contributed by atoms with E-state index in [1.54, 1.807) is 6.92 Å². The summed E-state index contributed by atoms with van der Waals surface area (Å²) in [6, 6.07) is 0. The van der Waals surface area contributed by atoms with E-state index >= 15 is 0 Å². The first-order valence-corrected chi connectivity index (χ1v) is 5.63. The number of nitrogens with zero attached hydrogens (tertiary/aromatic N) is 2. The molecule has 0 unspecified atom stereocenters. The van der Waals surface area contributed by atoms with Crippen molar-refractivity contribution in [2.75, 3.05) is 6.54 Å². The Bertz CT molecular complexity index is 428. The molecule has 0 aliphatic heterocycles. The van der Waals surface area contributed by atoms with Crippen LogP contribution in [0.1, 0.15) is 18.3 Å². The lowest BCUT2D eigenvalue weighted by Crippen LogP contribution is -2.28. The molecule has 1 heterocycles. The summed E-state index contributed by atoms with van der Waals surface area (Å²) < 4.78 is 38.5. The molecule has 1 aromatic rings. The Hall–Kier alpha value is -1.05. The van der Waals surface area contributed by atoms with Crippen LogP contribution in [-0.2, 0) is 17.5 Å². The molecule has 0 spiro atoms. The van der Waals surface area contributed by atoms with Gasteiger partial charge >= 0.3 is 6.18 Å². The van der Waals surface area contributed by atoms with Crippen LogP contribution in [0.25, 0.3) is 0 Å². The summed E-state index contributed by atoms with van der Waals surface area (Å²) in [4.78, 5) is 11.3. The number of halogens is 4. The zero-order valence-corrected chi connectivity index (χ0v) is 10.8. The van der Waals surface area contributed by atoms with Crippen LogP contribution in [0.5, 0.6) is 0 Å². The largest absolute Gasteiger partial charge is 0.436 e. The molecule has 1 N–H and O–H groups in total. The minimum atomic E-state index is -4.53. The number of carbonyl (C=O) groups is 1. The van der Waals surface area contributed by atoms with Gasteiger partial charge in [-0.2, -0.15) is 18.3 Å². The average molecular weight is 314 g/mol. The van der Waals surface area contributed by atoms with Crippen molar-refractivity contribution in [3.8, 4) is 0 Å².